The summed E-state index contributed by atoms with van der Waals surface area (Å²) >= 11 is 3.59. The summed E-state index contributed by atoms with van der Waals surface area (Å²) in [5, 5.41) is 9.87. The van der Waals surface area contributed by atoms with Gasteiger partial charge in [0, 0.05) is 23.6 Å². The Balaban J connectivity index is 2.57. The fourth-order valence-electron chi connectivity index (χ4n) is 3.28. The van der Waals surface area contributed by atoms with Crippen LogP contribution in [0.1, 0.15) is 76.5 Å². The van der Waals surface area contributed by atoms with Crippen molar-refractivity contribution in [2.24, 2.45) is 0 Å². The number of anilines is 1. The number of ether oxygens (including phenoxy) is 3. The average molecular weight is 583 g/mol. The second-order valence-electron chi connectivity index (χ2n) is 10.3. The number of rotatable bonds is 10. The van der Waals surface area contributed by atoms with E-state index in [1.54, 1.807) is 46.8 Å². The van der Waals surface area contributed by atoms with Gasteiger partial charge in [0.2, 0.25) is 0 Å². The Bertz CT molecular complexity index is 1080. The van der Waals surface area contributed by atoms with E-state index >= 15 is 0 Å². The zero-order valence-electron chi connectivity index (χ0n) is 22.4. The third-order valence-corrected chi connectivity index (χ3v) is 5.66. The van der Waals surface area contributed by atoms with Gasteiger partial charge in [0.15, 0.2) is 11.5 Å². The van der Waals surface area contributed by atoms with Crippen molar-refractivity contribution in [3.63, 3.8) is 0 Å². The number of aliphatic hydroxyl groups is 1. The number of carbonyl (C=O) groups is 2. The molecule has 0 saturated carbocycles. The normalized spacial score (nSPS) is 12.0. The van der Waals surface area contributed by atoms with E-state index in [2.05, 4.69) is 20.9 Å². The maximum atomic E-state index is 13.4. The van der Waals surface area contributed by atoms with E-state index in [1.165, 1.54) is 37.1 Å². The van der Waals surface area contributed by atoms with Crippen molar-refractivity contribution in [1.29, 1.82) is 0 Å². The largest absolute Gasteiger partial charge is 0.458 e. The van der Waals surface area contributed by atoms with Gasteiger partial charge in [-0.05, 0) is 94.1 Å². The minimum Gasteiger partial charge on any atom is -0.458 e. The average Bonchev–Trinajstić information content (AvgIpc) is 2.74. The maximum Gasteiger partial charge on any atom is 0.414 e. The highest BCUT2D eigenvalue weighted by molar-refractivity contribution is 9.10. The lowest BCUT2D eigenvalue weighted by Crippen LogP contribution is -2.39. The van der Waals surface area contributed by atoms with E-state index in [-0.39, 0.29) is 30.4 Å². The highest BCUT2D eigenvalue weighted by Gasteiger charge is 2.31. The molecule has 1 aromatic heterocycles. The van der Waals surface area contributed by atoms with Gasteiger partial charge in [0.1, 0.15) is 11.4 Å². The number of hydrogen-bond donors (Lipinski definition) is 1. The number of aromatic nitrogens is 1. The molecule has 0 spiro atoms. The number of nitrogens with zero attached hydrogens (tertiary/aromatic N) is 2. The van der Waals surface area contributed by atoms with Gasteiger partial charge < -0.3 is 19.3 Å². The number of carbonyl (C=O) groups excluding carboxylic acids is 2. The van der Waals surface area contributed by atoms with Crippen LogP contribution in [0.5, 0.6) is 0 Å². The monoisotopic (exact) mass is 582 g/mol. The molecule has 0 aliphatic rings. The van der Waals surface area contributed by atoms with Crippen LogP contribution in [0.25, 0.3) is 0 Å². The highest BCUT2D eigenvalue weighted by Crippen LogP contribution is 2.35. The molecule has 2 rings (SSSR count). The Morgan fingerprint density at radius 1 is 1.14 bits per heavy atom. The molecule has 1 amide bonds. The molecule has 0 saturated heterocycles. The summed E-state index contributed by atoms with van der Waals surface area (Å²) in [4.78, 5) is 32.1. The molecule has 204 valence electrons. The molecule has 0 atom stereocenters. The molecule has 10 heteroatoms. The summed E-state index contributed by atoms with van der Waals surface area (Å²) in [7, 11) is 0. The first kappa shape index (κ1) is 30.7. The van der Waals surface area contributed by atoms with Crippen molar-refractivity contribution in [2.45, 2.75) is 78.8 Å². The van der Waals surface area contributed by atoms with E-state index in [1.807, 2.05) is 0 Å². The minimum atomic E-state index is -1.33. The van der Waals surface area contributed by atoms with Gasteiger partial charge in [-0.2, -0.15) is 0 Å². The maximum absolute atomic E-state index is 13.4. The van der Waals surface area contributed by atoms with Crippen LogP contribution in [-0.2, 0) is 20.6 Å². The van der Waals surface area contributed by atoms with Gasteiger partial charge in [0.05, 0.1) is 18.4 Å². The fourth-order valence-corrected chi connectivity index (χ4v) is 3.93. The first-order chi connectivity index (χ1) is 17.1. The lowest BCUT2D eigenvalue weighted by atomic mass is 10.0. The number of benzene rings is 1. The molecule has 37 heavy (non-hydrogen) atoms. The summed E-state index contributed by atoms with van der Waals surface area (Å²) in [6.07, 6.45) is 1.13. The molecule has 1 heterocycles. The number of pyridine rings is 1. The summed E-state index contributed by atoms with van der Waals surface area (Å²) < 4.78 is 30.3. The SMILES string of the molecule is CC(C)OC(=O)c1ncc(Cc2ccc(F)cc2)c(Br)c1N(CCCOC(C)(C)O)C(=O)OC(C)(C)C. The Labute approximate surface area is 226 Å². The van der Waals surface area contributed by atoms with Gasteiger partial charge in [0.25, 0.3) is 0 Å². The van der Waals surface area contributed by atoms with Crippen LogP contribution in [0.2, 0.25) is 0 Å². The number of esters is 1. The lowest BCUT2D eigenvalue weighted by Gasteiger charge is -2.30. The number of amides is 1. The van der Waals surface area contributed by atoms with E-state index in [4.69, 9.17) is 14.2 Å². The van der Waals surface area contributed by atoms with Gasteiger partial charge in [-0.25, -0.2) is 19.0 Å². The Morgan fingerprint density at radius 3 is 2.30 bits per heavy atom. The third-order valence-electron chi connectivity index (χ3n) is 4.77. The molecule has 1 aromatic carbocycles. The quantitative estimate of drug-likeness (QED) is 0.208. The van der Waals surface area contributed by atoms with Crippen molar-refractivity contribution >= 4 is 33.7 Å². The third kappa shape index (κ3) is 10.0. The molecule has 0 fully saturated rings. The molecular weight excluding hydrogens is 547 g/mol. The molecule has 0 bridgehead atoms. The summed E-state index contributed by atoms with van der Waals surface area (Å²) in [5.41, 5.74) is 0.822. The predicted octanol–water partition coefficient (Wildman–Crippen LogP) is 6.02. The van der Waals surface area contributed by atoms with Crippen LogP contribution in [0.3, 0.4) is 0 Å². The molecule has 1 N–H and O–H groups in total. The van der Waals surface area contributed by atoms with E-state index < -0.39 is 29.6 Å². The first-order valence-electron chi connectivity index (χ1n) is 12.1. The minimum absolute atomic E-state index is 0.0577. The molecule has 2 aromatic rings. The van der Waals surface area contributed by atoms with Gasteiger partial charge >= 0.3 is 12.1 Å². The molecule has 0 aliphatic heterocycles. The van der Waals surface area contributed by atoms with Crippen LogP contribution in [0.15, 0.2) is 34.9 Å². The van der Waals surface area contributed by atoms with E-state index in [0.717, 1.165) is 5.56 Å². The smallest absolute Gasteiger partial charge is 0.414 e. The second kappa shape index (κ2) is 12.8. The molecule has 8 nitrogen and oxygen atoms in total. The molecular formula is C27H36BrFN2O6. The number of halogens is 2. The molecule has 0 radical (unpaired) electrons. The first-order valence-corrected chi connectivity index (χ1v) is 12.9. The van der Waals surface area contributed by atoms with Crippen LogP contribution in [0, 0.1) is 5.82 Å². The van der Waals surface area contributed by atoms with Crippen molar-refractivity contribution in [1.82, 2.24) is 4.98 Å². The van der Waals surface area contributed by atoms with Crippen LogP contribution < -0.4 is 4.90 Å². The summed E-state index contributed by atoms with van der Waals surface area (Å²) in [6.45, 7) is 11.9. The summed E-state index contributed by atoms with van der Waals surface area (Å²) in [6, 6.07) is 6.03. The Morgan fingerprint density at radius 2 is 1.76 bits per heavy atom. The molecule has 0 aliphatic carbocycles. The van der Waals surface area contributed by atoms with Crippen molar-refractivity contribution in [2.75, 3.05) is 18.1 Å². The topological polar surface area (TPSA) is 98.2 Å². The van der Waals surface area contributed by atoms with Crippen LogP contribution >= 0.6 is 15.9 Å². The van der Waals surface area contributed by atoms with Gasteiger partial charge in [-0.15, -0.1) is 0 Å². The number of hydrogen-bond acceptors (Lipinski definition) is 7. The zero-order valence-corrected chi connectivity index (χ0v) is 24.0. The van der Waals surface area contributed by atoms with Crippen LogP contribution in [0.4, 0.5) is 14.9 Å². The zero-order chi connectivity index (χ0) is 28.0. The molecule has 0 unspecified atom stereocenters. The Hall–Kier alpha value is -2.56. The van der Waals surface area contributed by atoms with Crippen molar-refractivity contribution < 1.29 is 33.3 Å². The van der Waals surface area contributed by atoms with Crippen LogP contribution in [-0.4, -0.2) is 52.8 Å². The van der Waals surface area contributed by atoms with E-state index in [0.29, 0.717) is 22.9 Å². The fraction of sp³-hybridized carbons (Fsp3) is 0.519. The Kier molecular flexibility index (Phi) is 10.6. The standard InChI is InChI=1S/C27H36BrFN2O6/c1-17(2)36-24(32)22-23(21(28)19(16-30-22)15-18-9-11-20(29)12-10-18)31(25(33)37-26(3,4)5)13-8-14-35-27(6,7)34/h9-12,16-17,34H,8,13-15H2,1-7H3. The lowest BCUT2D eigenvalue weighted by molar-refractivity contribution is -0.175. The van der Waals surface area contributed by atoms with Gasteiger partial charge in [-0.3, -0.25) is 4.90 Å². The second-order valence-corrected chi connectivity index (χ2v) is 11.1. The van der Waals surface area contributed by atoms with E-state index in [9.17, 15) is 19.1 Å². The van der Waals surface area contributed by atoms with Gasteiger partial charge in [-0.1, -0.05) is 12.1 Å². The highest BCUT2D eigenvalue weighted by atomic mass is 79.9. The van der Waals surface area contributed by atoms with Crippen molar-refractivity contribution in [3.8, 4) is 0 Å². The summed E-state index contributed by atoms with van der Waals surface area (Å²) in [5.74, 6) is -2.38. The van der Waals surface area contributed by atoms with Crippen molar-refractivity contribution in [3.05, 3.63) is 57.6 Å². The predicted molar refractivity (Wildman–Crippen MR) is 142 cm³/mol.